The third kappa shape index (κ3) is 4.26. The Bertz CT molecular complexity index is 1090. The van der Waals surface area contributed by atoms with Gasteiger partial charge in [0.1, 0.15) is 0 Å². The number of aliphatic hydroxyl groups is 1. The number of nitrogens with zero attached hydrogens (tertiary/aromatic N) is 1. The maximum absolute atomic E-state index is 12.5. The lowest BCUT2D eigenvalue weighted by Gasteiger charge is -2.64. The number of hydrogen-bond acceptors (Lipinski definition) is 4. The summed E-state index contributed by atoms with van der Waals surface area (Å²) in [4.78, 5) is 24.3. The molecule has 2 N–H and O–H groups in total. The van der Waals surface area contributed by atoms with Crippen LogP contribution >= 0.6 is 0 Å². The normalized spacial score (nSPS) is 41.0. The average Bonchev–Trinajstić information content (AvgIpc) is 2.89. The zero-order valence-corrected chi connectivity index (χ0v) is 23.5. The molecule has 0 aromatic heterocycles. The molecule has 0 aromatic rings. The third-order valence-electron chi connectivity index (χ3n) is 11.3. The lowest BCUT2D eigenvalue weighted by molar-refractivity contribution is -0.118. The maximum atomic E-state index is 12.5. The molecule has 5 nitrogen and oxygen atoms in total. The lowest BCUT2D eigenvalue weighted by atomic mass is 9.40. The van der Waals surface area contributed by atoms with Crippen LogP contribution in [-0.4, -0.2) is 48.4 Å². The quantitative estimate of drug-likeness (QED) is 0.435. The molecule has 1 amide bonds. The van der Waals surface area contributed by atoms with Crippen LogP contribution in [0.5, 0.6) is 0 Å². The van der Waals surface area contributed by atoms with Crippen LogP contribution < -0.4 is 5.32 Å². The zero-order valence-electron chi connectivity index (χ0n) is 23.5. The Morgan fingerprint density at radius 2 is 1.76 bits per heavy atom. The van der Waals surface area contributed by atoms with Crippen LogP contribution in [0.3, 0.4) is 0 Å². The number of piperazine rings is 1. The van der Waals surface area contributed by atoms with E-state index in [4.69, 9.17) is 0 Å². The van der Waals surface area contributed by atoms with Gasteiger partial charge in [0.25, 0.3) is 0 Å². The minimum Gasteiger partial charge on any atom is -0.504 e. The second-order valence-electron chi connectivity index (χ2n) is 13.5. The fraction of sp³-hybridized carbons (Fsp3) is 0.688. The van der Waals surface area contributed by atoms with Crippen LogP contribution in [0.4, 0.5) is 0 Å². The van der Waals surface area contributed by atoms with Gasteiger partial charge in [-0.2, -0.15) is 0 Å². The third-order valence-corrected chi connectivity index (χ3v) is 11.3. The van der Waals surface area contributed by atoms with Gasteiger partial charge in [0.05, 0.1) is 0 Å². The van der Waals surface area contributed by atoms with Crippen LogP contribution in [-0.2, 0) is 9.59 Å². The Hall–Kier alpha value is -2.14. The van der Waals surface area contributed by atoms with Gasteiger partial charge in [0.15, 0.2) is 5.76 Å². The van der Waals surface area contributed by atoms with Crippen molar-refractivity contribution in [2.75, 3.05) is 26.2 Å². The van der Waals surface area contributed by atoms with E-state index in [-0.39, 0.29) is 22.4 Å². The van der Waals surface area contributed by atoms with E-state index in [1.165, 1.54) is 38.5 Å². The highest BCUT2D eigenvalue weighted by Crippen LogP contribution is 2.69. The highest BCUT2D eigenvalue weighted by molar-refractivity contribution is 6.06. The highest BCUT2D eigenvalue weighted by Gasteiger charge is 2.60. The van der Waals surface area contributed by atoms with Crippen LogP contribution in [0.2, 0.25) is 0 Å². The first-order valence-electron chi connectivity index (χ1n) is 14.5. The van der Waals surface area contributed by atoms with E-state index in [0.29, 0.717) is 5.41 Å². The second kappa shape index (κ2) is 9.55. The number of rotatable bonds is 1. The Morgan fingerprint density at radius 3 is 2.43 bits per heavy atom. The predicted molar refractivity (Wildman–Crippen MR) is 148 cm³/mol. The monoisotopic (exact) mass is 506 g/mol. The average molecular weight is 507 g/mol. The lowest BCUT2D eigenvalue weighted by Crippen LogP contribution is -2.55. The van der Waals surface area contributed by atoms with E-state index in [9.17, 15) is 14.7 Å². The number of hydrogen-bond donors (Lipinski definition) is 2. The summed E-state index contributed by atoms with van der Waals surface area (Å²) in [5, 5.41) is 13.4. The molecule has 6 aliphatic rings. The molecule has 1 aliphatic heterocycles. The molecule has 0 bridgehead atoms. The smallest absolute Gasteiger partial charge is 0.220 e. The standard InChI is InChI=1S/C27H36O2.C5H10N2O/c1-16-8-10-25(3)12-13-27(5)19(21(25)14-16)9-11-26(4)20-15-22(28)24(29)17(2)18(20)6-7-23(26)27;8-5-7-3-1-6-2-4-7/h6-7,15-16,19,21,29H,8-14H2,1-5H3;5-6H,1-4H2. The summed E-state index contributed by atoms with van der Waals surface area (Å²) in [5.74, 6) is 2.13. The SMILES string of the molecule is CC1=C(O)C(=O)C=C2C1=CC=C1C2(C)CCC2C3CC(C)CCC3(C)CCC12C.O=CN1CCNCC1. The summed E-state index contributed by atoms with van der Waals surface area (Å²) < 4.78 is 0. The molecular weight excluding hydrogens is 460 g/mol. The number of fused-ring (bicyclic) bond motifs is 7. The van der Waals surface area contributed by atoms with Gasteiger partial charge in [-0.25, -0.2) is 0 Å². The van der Waals surface area contributed by atoms with Crippen molar-refractivity contribution >= 4 is 12.2 Å². The van der Waals surface area contributed by atoms with E-state index in [1.54, 1.807) is 16.5 Å². The molecule has 3 saturated carbocycles. The minimum atomic E-state index is -0.221. The van der Waals surface area contributed by atoms with Crippen molar-refractivity contribution in [2.24, 2.45) is 34.0 Å². The summed E-state index contributed by atoms with van der Waals surface area (Å²) in [5.41, 5.74) is 5.18. The van der Waals surface area contributed by atoms with Crippen molar-refractivity contribution in [3.05, 3.63) is 46.3 Å². The van der Waals surface area contributed by atoms with Crippen molar-refractivity contribution < 1.29 is 14.7 Å². The van der Waals surface area contributed by atoms with Crippen molar-refractivity contribution in [3.8, 4) is 0 Å². The van der Waals surface area contributed by atoms with Gasteiger partial charge in [0.2, 0.25) is 12.2 Å². The molecule has 5 heteroatoms. The second-order valence-corrected chi connectivity index (χ2v) is 13.5. The molecule has 37 heavy (non-hydrogen) atoms. The molecular formula is C32H46N2O3. The summed E-state index contributed by atoms with van der Waals surface area (Å²) in [6, 6.07) is 0. The first-order chi connectivity index (χ1) is 17.5. The molecule has 6 atom stereocenters. The summed E-state index contributed by atoms with van der Waals surface area (Å²) in [6.45, 7) is 15.4. The van der Waals surface area contributed by atoms with Gasteiger partial charge < -0.3 is 15.3 Å². The number of amides is 1. The Kier molecular flexibility index (Phi) is 6.83. The van der Waals surface area contributed by atoms with Crippen molar-refractivity contribution in [1.82, 2.24) is 10.2 Å². The van der Waals surface area contributed by atoms with E-state index in [2.05, 4.69) is 45.2 Å². The van der Waals surface area contributed by atoms with E-state index in [0.717, 1.165) is 73.5 Å². The maximum Gasteiger partial charge on any atom is 0.220 e. The summed E-state index contributed by atoms with van der Waals surface area (Å²) >= 11 is 0. The number of ketones is 1. The van der Waals surface area contributed by atoms with Crippen molar-refractivity contribution in [2.45, 2.75) is 79.6 Å². The van der Waals surface area contributed by atoms with Gasteiger partial charge in [-0.1, -0.05) is 51.8 Å². The summed E-state index contributed by atoms with van der Waals surface area (Å²) in [6.07, 6.45) is 16.4. The van der Waals surface area contributed by atoms with E-state index >= 15 is 0 Å². The molecule has 0 aromatic carbocycles. The van der Waals surface area contributed by atoms with Crippen LogP contribution in [0, 0.1) is 34.0 Å². The fourth-order valence-electron chi connectivity index (χ4n) is 8.87. The Labute approximate surface area is 223 Å². The van der Waals surface area contributed by atoms with Crippen molar-refractivity contribution in [1.29, 1.82) is 0 Å². The first kappa shape index (κ1) is 26.5. The topological polar surface area (TPSA) is 69.6 Å². The van der Waals surface area contributed by atoms with Crippen LogP contribution in [0.1, 0.15) is 79.6 Å². The number of carbonyl (C=O) groups excluding carboxylic acids is 2. The van der Waals surface area contributed by atoms with Crippen LogP contribution in [0.25, 0.3) is 0 Å². The van der Waals surface area contributed by atoms with E-state index < -0.39 is 0 Å². The van der Waals surface area contributed by atoms with Crippen molar-refractivity contribution in [3.63, 3.8) is 0 Å². The minimum absolute atomic E-state index is 0.0787. The Morgan fingerprint density at radius 1 is 1.03 bits per heavy atom. The molecule has 1 heterocycles. The molecule has 6 rings (SSSR count). The predicted octanol–water partition coefficient (Wildman–Crippen LogP) is 5.90. The largest absolute Gasteiger partial charge is 0.504 e. The number of allylic oxidation sites excluding steroid dienone is 7. The van der Waals surface area contributed by atoms with Gasteiger partial charge in [-0.3, -0.25) is 9.59 Å². The zero-order chi connectivity index (χ0) is 26.6. The van der Waals surface area contributed by atoms with Gasteiger partial charge >= 0.3 is 0 Å². The fourth-order valence-corrected chi connectivity index (χ4v) is 8.87. The number of nitrogens with one attached hydrogen (secondary N) is 1. The number of carbonyl (C=O) groups is 2. The molecule has 1 saturated heterocycles. The van der Waals surface area contributed by atoms with Gasteiger partial charge in [-0.05, 0) is 91.3 Å². The molecule has 0 spiro atoms. The Balaban J connectivity index is 0.000000301. The highest BCUT2D eigenvalue weighted by atomic mass is 16.3. The van der Waals surface area contributed by atoms with Gasteiger partial charge in [0, 0.05) is 37.2 Å². The molecule has 202 valence electrons. The van der Waals surface area contributed by atoms with Crippen LogP contribution in [0.15, 0.2) is 46.3 Å². The number of aliphatic hydroxyl groups excluding tert-OH is 1. The molecule has 5 aliphatic carbocycles. The van der Waals surface area contributed by atoms with E-state index in [1.807, 2.05) is 6.92 Å². The first-order valence-corrected chi connectivity index (χ1v) is 14.5. The molecule has 6 unspecified atom stereocenters. The molecule has 4 fully saturated rings. The van der Waals surface area contributed by atoms with Gasteiger partial charge in [-0.15, -0.1) is 0 Å². The summed E-state index contributed by atoms with van der Waals surface area (Å²) in [7, 11) is 0. The molecule has 0 radical (unpaired) electrons.